The third-order valence-corrected chi connectivity index (χ3v) is 4.02. The largest absolute Gasteiger partial charge is 0.481 e. The van der Waals surface area contributed by atoms with Crippen LogP contribution in [0.5, 0.6) is 0 Å². The molecule has 0 saturated heterocycles. The SMILES string of the molecule is Cc1ccc(SCCC(=O)NCCCCCC(=O)O)cc1. The van der Waals surface area contributed by atoms with Crippen LogP contribution in [-0.2, 0) is 9.59 Å². The van der Waals surface area contributed by atoms with Crippen molar-refractivity contribution in [3.63, 3.8) is 0 Å². The van der Waals surface area contributed by atoms with Gasteiger partial charge in [0, 0.05) is 30.0 Å². The Labute approximate surface area is 130 Å². The molecule has 1 amide bonds. The minimum atomic E-state index is -0.757. The molecule has 0 aliphatic rings. The molecule has 116 valence electrons. The van der Waals surface area contributed by atoms with Gasteiger partial charge in [-0.15, -0.1) is 11.8 Å². The molecule has 21 heavy (non-hydrogen) atoms. The normalized spacial score (nSPS) is 10.3. The van der Waals surface area contributed by atoms with E-state index >= 15 is 0 Å². The average molecular weight is 309 g/mol. The second kappa shape index (κ2) is 10.3. The summed E-state index contributed by atoms with van der Waals surface area (Å²) in [5.74, 6) is 0.0773. The number of thioether (sulfide) groups is 1. The van der Waals surface area contributed by atoms with E-state index in [0.29, 0.717) is 19.4 Å². The molecule has 0 atom stereocenters. The fraction of sp³-hybridized carbons (Fsp3) is 0.500. The van der Waals surface area contributed by atoms with Crippen LogP contribution in [0, 0.1) is 6.92 Å². The molecular weight excluding hydrogens is 286 g/mol. The summed E-state index contributed by atoms with van der Waals surface area (Å²) < 4.78 is 0. The van der Waals surface area contributed by atoms with E-state index in [1.54, 1.807) is 11.8 Å². The van der Waals surface area contributed by atoms with E-state index in [1.165, 1.54) is 10.5 Å². The summed E-state index contributed by atoms with van der Waals surface area (Å²) in [4.78, 5) is 23.1. The molecule has 0 heterocycles. The van der Waals surface area contributed by atoms with E-state index in [0.717, 1.165) is 18.6 Å². The van der Waals surface area contributed by atoms with Crippen molar-refractivity contribution in [3.05, 3.63) is 29.8 Å². The Bertz CT molecular complexity index is 445. The number of benzene rings is 1. The van der Waals surface area contributed by atoms with Crippen LogP contribution in [0.1, 0.15) is 37.7 Å². The van der Waals surface area contributed by atoms with Gasteiger partial charge < -0.3 is 10.4 Å². The minimum absolute atomic E-state index is 0.0628. The predicted octanol–water partition coefficient (Wildman–Crippen LogP) is 3.24. The highest BCUT2D eigenvalue weighted by Crippen LogP contribution is 2.18. The van der Waals surface area contributed by atoms with E-state index in [4.69, 9.17) is 5.11 Å². The summed E-state index contributed by atoms with van der Waals surface area (Å²) in [6.45, 7) is 2.69. The quantitative estimate of drug-likeness (QED) is 0.514. The second-order valence-corrected chi connectivity index (χ2v) is 6.13. The van der Waals surface area contributed by atoms with Crippen molar-refractivity contribution in [2.24, 2.45) is 0 Å². The minimum Gasteiger partial charge on any atom is -0.481 e. The topological polar surface area (TPSA) is 66.4 Å². The lowest BCUT2D eigenvalue weighted by Crippen LogP contribution is -2.24. The lowest BCUT2D eigenvalue weighted by molar-refractivity contribution is -0.137. The highest BCUT2D eigenvalue weighted by Gasteiger charge is 2.02. The predicted molar refractivity (Wildman–Crippen MR) is 85.6 cm³/mol. The average Bonchev–Trinajstić information content (AvgIpc) is 2.44. The number of rotatable bonds is 10. The van der Waals surface area contributed by atoms with Crippen LogP contribution in [0.25, 0.3) is 0 Å². The van der Waals surface area contributed by atoms with E-state index in [-0.39, 0.29) is 12.3 Å². The third-order valence-electron chi connectivity index (χ3n) is 3.01. The van der Waals surface area contributed by atoms with Gasteiger partial charge in [0.2, 0.25) is 5.91 Å². The van der Waals surface area contributed by atoms with Gasteiger partial charge in [0.15, 0.2) is 0 Å². The molecule has 0 spiro atoms. The van der Waals surface area contributed by atoms with Crippen molar-refractivity contribution in [1.29, 1.82) is 0 Å². The molecule has 0 aromatic heterocycles. The van der Waals surface area contributed by atoms with Gasteiger partial charge >= 0.3 is 5.97 Å². The highest BCUT2D eigenvalue weighted by molar-refractivity contribution is 7.99. The number of unbranched alkanes of at least 4 members (excludes halogenated alkanes) is 2. The Morgan fingerprint density at radius 2 is 1.81 bits per heavy atom. The maximum atomic E-state index is 11.6. The lowest BCUT2D eigenvalue weighted by atomic mass is 10.2. The summed E-state index contributed by atoms with van der Waals surface area (Å²) in [5, 5.41) is 11.4. The maximum Gasteiger partial charge on any atom is 0.303 e. The molecule has 0 aliphatic carbocycles. The third kappa shape index (κ3) is 9.13. The zero-order chi connectivity index (χ0) is 15.5. The summed E-state index contributed by atoms with van der Waals surface area (Å²) in [6, 6.07) is 8.28. The molecule has 1 aromatic rings. The van der Waals surface area contributed by atoms with Gasteiger partial charge in [-0.2, -0.15) is 0 Å². The van der Waals surface area contributed by atoms with Gasteiger partial charge in [-0.25, -0.2) is 0 Å². The first-order valence-corrected chi connectivity index (χ1v) is 8.24. The Balaban J connectivity index is 2.01. The van der Waals surface area contributed by atoms with Crippen molar-refractivity contribution in [2.75, 3.05) is 12.3 Å². The van der Waals surface area contributed by atoms with Crippen molar-refractivity contribution in [3.8, 4) is 0 Å². The molecule has 1 aromatic carbocycles. The van der Waals surface area contributed by atoms with E-state index < -0.39 is 5.97 Å². The van der Waals surface area contributed by atoms with E-state index in [1.807, 2.05) is 0 Å². The van der Waals surface area contributed by atoms with Crippen LogP contribution < -0.4 is 5.32 Å². The smallest absolute Gasteiger partial charge is 0.303 e. The molecule has 1 rings (SSSR count). The fourth-order valence-electron chi connectivity index (χ4n) is 1.79. The van der Waals surface area contributed by atoms with Crippen molar-refractivity contribution >= 4 is 23.6 Å². The number of amides is 1. The van der Waals surface area contributed by atoms with Gasteiger partial charge in [0.25, 0.3) is 0 Å². The molecule has 0 aliphatic heterocycles. The number of aliphatic carboxylic acids is 1. The highest BCUT2D eigenvalue weighted by atomic mass is 32.2. The number of hydrogen-bond acceptors (Lipinski definition) is 3. The number of carboxylic acids is 1. The van der Waals surface area contributed by atoms with Gasteiger partial charge in [-0.05, 0) is 31.9 Å². The summed E-state index contributed by atoms with van der Waals surface area (Å²) in [5.41, 5.74) is 1.24. The van der Waals surface area contributed by atoms with Crippen LogP contribution in [0.15, 0.2) is 29.2 Å². The molecule has 0 fully saturated rings. The standard InChI is InChI=1S/C16H23NO3S/c1-13-6-8-14(9-7-13)21-12-10-15(18)17-11-4-2-3-5-16(19)20/h6-9H,2-5,10-12H2,1H3,(H,17,18)(H,19,20). The Kier molecular flexibility index (Phi) is 8.59. The summed E-state index contributed by atoms with van der Waals surface area (Å²) in [6.07, 6.45) is 3.07. The first-order valence-electron chi connectivity index (χ1n) is 7.26. The summed E-state index contributed by atoms with van der Waals surface area (Å²) >= 11 is 1.68. The number of aryl methyl sites for hydroxylation is 1. The number of carboxylic acid groups (broad SMARTS) is 1. The molecule has 2 N–H and O–H groups in total. The van der Waals surface area contributed by atoms with Crippen LogP contribution in [-0.4, -0.2) is 29.3 Å². The van der Waals surface area contributed by atoms with Crippen molar-refractivity contribution in [2.45, 2.75) is 43.9 Å². The second-order valence-electron chi connectivity index (χ2n) is 4.97. The van der Waals surface area contributed by atoms with Crippen LogP contribution >= 0.6 is 11.8 Å². The molecule has 0 unspecified atom stereocenters. The monoisotopic (exact) mass is 309 g/mol. The summed E-state index contributed by atoms with van der Waals surface area (Å²) in [7, 11) is 0. The number of hydrogen-bond donors (Lipinski definition) is 2. The number of carbonyl (C=O) groups excluding carboxylic acids is 1. The van der Waals surface area contributed by atoms with Gasteiger partial charge in [0.05, 0.1) is 0 Å². The van der Waals surface area contributed by atoms with E-state index in [9.17, 15) is 9.59 Å². The first-order chi connectivity index (χ1) is 10.1. The molecule has 0 saturated carbocycles. The molecule has 4 nitrogen and oxygen atoms in total. The molecular formula is C16H23NO3S. The first kappa shape index (κ1) is 17.6. The Morgan fingerprint density at radius 1 is 1.10 bits per heavy atom. The van der Waals surface area contributed by atoms with Crippen LogP contribution in [0.3, 0.4) is 0 Å². The van der Waals surface area contributed by atoms with E-state index in [2.05, 4.69) is 36.5 Å². The zero-order valence-corrected chi connectivity index (χ0v) is 13.2. The Morgan fingerprint density at radius 3 is 2.48 bits per heavy atom. The van der Waals surface area contributed by atoms with Crippen molar-refractivity contribution in [1.82, 2.24) is 5.32 Å². The zero-order valence-electron chi connectivity index (χ0n) is 12.4. The fourth-order valence-corrected chi connectivity index (χ4v) is 2.64. The number of carbonyl (C=O) groups is 2. The molecule has 0 bridgehead atoms. The van der Waals surface area contributed by atoms with Crippen LogP contribution in [0.4, 0.5) is 0 Å². The van der Waals surface area contributed by atoms with Gasteiger partial charge in [0.1, 0.15) is 0 Å². The van der Waals surface area contributed by atoms with Crippen LogP contribution in [0.2, 0.25) is 0 Å². The maximum absolute atomic E-state index is 11.6. The Hall–Kier alpha value is -1.49. The number of nitrogens with one attached hydrogen (secondary N) is 1. The molecule has 5 heteroatoms. The van der Waals surface area contributed by atoms with Gasteiger partial charge in [-0.3, -0.25) is 9.59 Å². The molecule has 0 radical (unpaired) electrons. The van der Waals surface area contributed by atoms with Gasteiger partial charge in [-0.1, -0.05) is 24.1 Å². The van der Waals surface area contributed by atoms with Crippen molar-refractivity contribution < 1.29 is 14.7 Å². The lowest BCUT2D eigenvalue weighted by Gasteiger charge is -2.05.